The Balaban J connectivity index is 0.00000270. The Hall–Kier alpha value is -3.38. The maximum Gasteiger partial charge on any atom is 0.311 e. The molecule has 0 spiro atoms. The fourth-order valence-electron chi connectivity index (χ4n) is 8.36. The van der Waals surface area contributed by atoms with Crippen molar-refractivity contribution < 1.29 is 84.7 Å². The minimum Gasteiger partial charge on any atom is -0.481 e. The molecular formula is C52H84BNO17. The molecule has 2 bridgehead atoms. The van der Waals surface area contributed by atoms with E-state index in [1.54, 1.807) is 80.7 Å². The van der Waals surface area contributed by atoms with E-state index in [0.29, 0.717) is 0 Å². The van der Waals surface area contributed by atoms with E-state index in [4.69, 9.17) is 32.5 Å². The van der Waals surface area contributed by atoms with Gasteiger partial charge in [0.05, 0.1) is 87.5 Å². The van der Waals surface area contributed by atoms with Crippen molar-refractivity contribution >= 4 is 19.8 Å². The first-order chi connectivity index (χ1) is 33.5. The molecule has 10 unspecified atom stereocenters. The number of allylic oxidation sites excluding steroid dienone is 12. The van der Waals surface area contributed by atoms with Crippen LogP contribution in [0.2, 0.25) is 6.32 Å². The van der Waals surface area contributed by atoms with Crippen LogP contribution in [0.4, 0.5) is 0 Å². The van der Waals surface area contributed by atoms with E-state index in [9.17, 15) is 65.8 Å². The molecule has 3 rings (SSSR count). The third-order valence-electron chi connectivity index (χ3n) is 12.8. The standard InChI is InChI=1S/C47H73NO17.C5H11B/c1-27-17-15-13-11-9-7-5-6-8-10-12-14-16-18-34(64-46-44(58)41(48)43(57)30(4)63-46)24-38-40(45(59)60)37(54)26-47(61,65-38)25-33(51)22-36(53)35(52)20-19-31(49)21-32(50)23-39(55)62-29(3)28(2)42(27)56;1-2-3-4-5-6/h5-18,27-38,40-44,46,49-54,56-58,61H,19-26,48H2,1-4H3,(H,59,60);2-5H2,1H3/b6-5+,9-7+,10-8+,13-11+,14-12+,17-15+,18-16+;/t27?,28?,29?,30?,31-,32-,33+,34+,35-,36-,37?,38?,40-,41?,42-,43?,44?,46?,47-;/m1./s1. The molecule has 0 amide bonds. The highest BCUT2D eigenvalue weighted by atomic mass is 16.7. The van der Waals surface area contributed by atoms with Gasteiger partial charge in [-0.15, -0.1) is 0 Å². The first-order valence-electron chi connectivity index (χ1n) is 24.9. The van der Waals surface area contributed by atoms with Gasteiger partial charge in [0.15, 0.2) is 12.1 Å². The van der Waals surface area contributed by atoms with Gasteiger partial charge in [0, 0.05) is 37.5 Å². The summed E-state index contributed by atoms with van der Waals surface area (Å²) >= 11 is 0. The van der Waals surface area contributed by atoms with Crippen LogP contribution in [-0.2, 0) is 28.5 Å². The highest BCUT2D eigenvalue weighted by Crippen LogP contribution is 2.38. The van der Waals surface area contributed by atoms with E-state index in [-0.39, 0.29) is 31.6 Å². The van der Waals surface area contributed by atoms with Gasteiger partial charge in [-0.2, -0.15) is 0 Å². The number of esters is 1. The fourth-order valence-corrected chi connectivity index (χ4v) is 8.36. The second-order valence-corrected chi connectivity index (χ2v) is 19.1. The van der Waals surface area contributed by atoms with Crippen molar-refractivity contribution in [3.63, 3.8) is 0 Å². The number of unbranched alkanes of at least 4 members (excludes halogenated alkanes) is 2. The number of ether oxygens (including phenoxy) is 4. The van der Waals surface area contributed by atoms with Gasteiger partial charge in [0.25, 0.3) is 0 Å². The average Bonchev–Trinajstić information content (AvgIpc) is 3.29. The molecule has 3 heterocycles. The number of hydrogen-bond donors (Lipinski definition) is 12. The quantitative estimate of drug-likeness (QED) is 0.103. The van der Waals surface area contributed by atoms with Gasteiger partial charge in [-0.3, -0.25) is 9.59 Å². The summed E-state index contributed by atoms with van der Waals surface area (Å²) in [4.78, 5) is 25.1. The van der Waals surface area contributed by atoms with Crippen molar-refractivity contribution in [3.8, 4) is 0 Å². The summed E-state index contributed by atoms with van der Waals surface area (Å²) in [7, 11) is 5.21. The van der Waals surface area contributed by atoms with Gasteiger partial charge < -0.3 is 80.9 Å². The van der Waals surface area contributed by atoms with Crippen LogP contribution in [0.5, 0.6) is 0 Å². The number of rotatable bonds is 6. The number of carbonyl (C=O) groups is 2. The number of carboxylic acid groups (broad SMARTS) is 1. The second-order valence-electron chi connectivity index (χ2n) is 19.1. The Bertz CT molecular complexity index is 1740. The molecule has 0 aromatic rings. The average molecular weight is 1010 g/mol. The minimum absolute atomic E-state index is 0.107. The number of aliphatic hydroxyl groups excluding tert-OH is 9. The largest absolute Gasteiger partial charge is 0.481 e. The third-order valence-corrected chi connectivity index (χ3v) is 12.8. The van der Waals surface area contributed by atoms with Crippen molar-refractivity contribution in [3.05, 3.63) is 85.1 Å². The van der Waals surface area contributed by atoms with Crippen LogP contribution in [0.1, 0.15) is 105 Å². The van der Waals surface area contributed by atoms with E-state index < -0.39 is 147 Å². The molecule has 13 N–H and O–H groups in total. The number of carbonyl (C=O) groups excluding carboxylic acids is 1. The predicted molar refractivity (Wildman–Crippen MR) is 267 cm³/mol. The summed E-state index contributed by atoms with van der Waals surface area (Å²) in [6.45, 7) is 8.92. The maximum atomic E-state index is 12.6. The van der Waals surface area contributed by atoms with Crippen molar-refractivity contribution in [1.29, 1.82) is 0 Å². The third kappa shape index (κ3) is 23.6. The van der Waals surface area contributed by atoms with Crippen LogP contribution in [-0.4, -0.2) is 173 Å². The Morgan fingerprint density at radius 2 is 1.28 bits per heavy atom. The predicted octanol–water partition coefficient (Wildman–Crippen LogP) is 2.48. The topological polar surface area (TPSA) is 320 Å². The number of nitrogens with two attached hydrogens (primary N) is 1. The van der Waals surface area contributed by atoms with Gasteiger partial charge >= 0.3 is 11.9 Å². The lowest BCUT2D eigenvalue weighted by Crippen LogP contribution is -2.61. The number of aliphatic hydroxyl groups is 10. The van der Waals surface area contributed by atoms with E-state index in [0.717, 1.165) is 6.32 Å². The van der Waals surface area contributed by atoms with E-state index >= 15 is 0 Å². The summed E-state index contributed by atoms with van der Waals surface area (Å²) in [5, 5.41) is 118. The lowest BCUT2D eigenvalue weighted by Gasteiger charge is -2.45. The summed E-state index contributed by atoms with van der Waals surface area (Å²) in [6, 6.07) is -1.15. The molecule has 0 aromatic carbocycles. The lowest BCUT2D eigenvalue weighted by atomic mass is 9.82. The Labute approximate surface area is 421 Å². The summed E-state index contributed by atoms with van der Waals surface area (Å²) in [5.74, 6) is -6.83. The molecule has 19 atom stereocenters. The Morgan fingerprint density at radius 3 is 1.83 bits per heavy atom. The van der Waals surface area contributed by atoms with E-state index in [1.165, 1.54) is 32.3 Å². The molecule has 71 heavy (non-hydrogen) atoms. The molecule has 0 saturated carbocycles. The zero-order valence-corrected chi connectivity index (χ0v) is 42.0. The van der Waals surface area contributed by atoms with Crippen LogP contribution in [0.25, 0.3) is 0 Å². The zero-order chi connectivity index (χ0) is 53.3. The first-order valence-corrected chi connectivity index (χ1v) is 24.9. The summed E-state index contributed by atoms with van der Waals surface area (Å²) in [6.07, 6.45) is 8.07. The van der Waals surface area contributed by atoms with Crippen LogP contribution in [0, 0.1) is 17.8 Å². The molecule has 2 radical (unpaired) electrons. The molecule has 3 aliphatic heterocycles. The number of cyclic esters (lactones) is 1. The molecule has 3 aliphatic rings. The molecule has 19 heteroatoms. The van der Waals surface area contributed by atoms with E-state index in [2.05, 4.69) is 6.92 Å². The maximum absolute atomic E-state index is 12.6. The zero-order valence-electron chi connectivity index (χ0n) is 42.0. The second kappa shape index (κ2) is 33.4. The van der Waals surface area contributed by atoms with Gasteiger partial charge in [0.1, 0.15) is 18.1 Å². The molecule has 0 aromatic heterocycles. The first kappa shape index (κ1) is 63.7. The van der Waals surface area contributed by atoms with Crippen molar-refractivity contribution in [1.82, 2.24) is 0 Å². The van der Waals surface area contributed by atoms with Crippen molar-refractivity contribution in [2.45, 2.75) is 209 Å². The number of aliphatic carboxylic acids is 1. The summed E-state index contributed by atoms with van der Waals surface area (Å²) < 4.78 is 23.1. The smallest absolute Gasteiger partial charge is 0.311 e. The van der Waals surface area contributed by atoms with Crippen molar-refractivity contribution in [2.75, 3.05) is 0 Å². The molecule has 0 aliphatic carbocycles. The highest BCUT2D eigenvalue weighted by Gasteiger charge is 2.51. The Morgan fingerprint density at radius 1 is 0.704 bits per heavy atom. The fraction of sp³-hybridized carbons (Fsp3) is 0.692. The van der Waals surface area contributed by atoms with Gasteiger partial charge in [-0.1, -0.05) is 131 Å². The lowest BCUT2D eigenvalue weighted by molar-refractivity contribution is -0.308. The van der Waals surface area contributed by atoms with Crippen LogP contribution >= 0.6 is 0 Å². The van der Waals surface area contributed by atoms with Crippen LogP contribution < -0.4 is 5.73 Å². The molecule has 2 fully saturated rings. The summed E-state index contributed by atoms with van der Waals surface area (Å²) in [5.41, 5.74) is 6.02. The van der Waals surface area contributed by atoms with Gasteiger partial charge in [-0.05, 0) is 33.1 Å². The monoisotopic (exact) mass is 1010 g/mol. The van der Waals surface area contributed by atoms with Crippen LogP contribution in [0.3, 0.4) is 0 Å². The number of fused-ring (bicyclic) bond motifs is 2. The van der Waals surface area contributed by atoms with Gasteiger partial charge in [0.2, 0.25) is 0 Å². The molecule has 2 saturated heterocycles. The molecule has 402 valence electrons. The van der Waals surface area contributed by atoms with E-state index in [1.807, 2.05) is 19.1 Å². The highest BCUT2D eigenvalue weighted by molar-refractivity contribution is 6.08. The van der Waals surface area contributed by atoms with Crippen molar-refractivity contribution in [2.24, 2.45) is 23.5 Å². The number of hydrogen-bond acceptors (Lipinski definition) is 17. The number of carboxylic acids is 1. The minimum atomic E-state index is -2.33. The van der Waals surface area contributed by atoms with Crippen LogP contribution in [0.15, 0.2) is 85.1 Å². The van der Waals surface area contributed by atoms with Gasteiger partial charge in [-0.25, -0.2) is 0 Å². The Kier molecular flexibility index (Phi) is 30.0. The normalized spacial score (nSPS) is 42.4. The molecule has 18 nitrogen and oxygen atoms in total. The SMILES string of the molecule is CC1OC(O[C@H]2/C=C/C=C/C=C/C=C/C=C/C=C/C=C/C(C)[C@@H](O)C(C)C(C)OC(=O)C[C@H](O)C[C@H](O)CC[C@@H](O)[C@H](O)C[C@H](O)C[C@]3(O)CC(O)[C@@H](C(=O)O)C(C2)O3)C(O)C(N)C1O.[B]CCCCC. The molecular weight excluding hydrogens is 921 g/mol.